The fraction of sp³-hybridized carbons (Fsp3) is 0.0526. The van der Waals surface area contributed by atoms with E-state index in [0.29, 0.717) is 11.3 Å². The molecule has 0 saturated carbocycles. The Labute approximate surface area is 138 Å². The van der Waals surface area contributed by atoms with Gasteiger partial charge < -0.3 is 4.74 Å². The first kappa shape index (κ1) is 15.7. The summed E-state index contributed by atoms with van der Waals surface area (Å²) in [4.78, 5) is 12.0. The van der Waals surface area contributed by atoms with Crippen LogP contribution in [0.2, 0.25) is 0 Å². The van der Waals surface area contributed by atoms with Gasteiger partial charge in [0.1, 0.15) is 11.6 Å². The van der Waals surface area contributed by atoms with Crippen molar-refractivity contribution in [2.45, 2.75) is 0 Å². The van der Waals surface area contributed by atoms with Gasteiger partial charge in [-0.3, -0.25) is 9.89 Å². The van der Waals surface area contributed by atoms with Crippen LogP contribution in [0.1, 0.15) is 16.1 Å². The van der Waals surface area contributed by atoms with Crippen LogP contribution < -0.4 is 4.74 Å². The van der Waals surface area contributed by atoms with E-state index < -0.39 is 0 Å². The molecule has 1 heterocycles. The predicted molar refractivity (Wildman–Crippen MR) is 90.3 cm³/mol. The number of rotatable bonds is 5. The fourth-order valence-corrected chi connectivity index (χ4v) is 2.21. The summed E-state index contributed by atoms with van der Waals surface area (Å²) in [6.45, 7) is 0. The van der Waals surface area contributed by atoms with Crippen LogP contribution in [0.15, 0.2) is 60.7 Å². The molecular formula is C19H15FN2O2. The van der Waals surface area contributed by atoms with E-state index in [4.69, 9.17) is 4.74 Å². The van der Waals surface area contributed by atoms with Gasteiger partial charge in [-0.2, -0.15) is 5.10 Å². The summed E-state index contributed by atoms with van der Waals surface area (Å²) >= 11 is 0. The molecule has 0 aliphatic rings. The van der Waals surface area contributed by atoms with Crippen molar-refractivity contribution in [1.82, 2.24) is 10.2 Å². The van der Waals surface area contributed by atoms with Crippen LogP contribution in [-0.4, -0.2) is 23.1 Å². The first-order valence-corrected chi connectivity index (χ1v) is 7.33. The molecule has 0 saturated heterocycles. The molecule has 0 unspecified atom stereocenters. The fourth-order valence-electron chi connectivity index (χ4n) is 2.21. The lowest BCUT2D eigenvalue weighted by Crippen LogP contribution is -1.93. The van der Waals surface area contributed by atoms with Gasteiger partial charge in [0.2, 0.25) is 0 Å². The molecule has 120 valence electrons. The Hall–Kier alpha value is -3.21. The van der Waals surface area contributed by atoms with Crippen molar-refractivity contribution in [2.75, 3.05) is 7.11 Å². The van der Waals surface area contributed by atoms with Crippen LogP contribution in [0.3, 0.4) is 0 Å². The molecule has 24 heavy (non-hydrogen) atoms. The predicted octanol–water partition coefficient (Wildman–Crippen LogP) is 4.12. The number of aromatic amines is 1. The summed E-state index contributed by atoms with van der Waals surface area (Å²) in [7, 11) is 1.62. The Morgan fingerprint density at radius 1 is 1.12 bits per heavy atom. The number of hydrogen-bond donors (Lipinski definition) is 1. The maximum atomic E-state index is 12.9. The van der Waals surface area contributed by atoms with Crippen molar-refractivity contribution in [3.05, 3.63) is 77.7 Å². The van der Waals surface area contributed by atoms with E-state index in [1.807, 2.05) is 30.3 Å². The summed E-state index contributed by atoms with van der Waals surface area (Å²) in [6.07, 6.45) is 3.07. The number of carbonyl (C=O) groups is 1. The van der Waals surface area contributed by atoms with E-state index >= 15 is 0 Å². The molecule has 0 amide bonds. The Kier molecular flexibility index (Phi) is 4.52. The van der Waals surface area contributed by atoms with Crippen molar-refractivity contribution in [3.63, 3.8) is 0 Å². The van der Waals surface area contributed by atoms with E-state index in [2.05, 4.69) is 10.2 Å². The number of methoxy groups -OCH3 is 1. The number of hydrogen-bond acceptors (Lipinski definition) is 3. The number of carbonyl (C=O) groups excluding carboxylic acids is 1. The molecule has 0 radical (unpaired) electrons. The number of nitrogens with zero attached hydrogens (tertiary/aromatic N) is 1. The third-order valence-corrected chi connectivity index (χ3v) is 3.53. The van der Waals surface area contributed by atoms with Crippen LogP contribution in [0, 0.1) is 5.82 Å². The second-order valence-corrected chi connectivity index (χ2v) is 5.14. The van der Waals surface area contributed by atoms with Gasteiger partial charge in [-0.05, 0) is 66.7 Å². The van der Waals surface area contributed by atoms with Crippen molar-refractivity contribution in [1.29, 1.82) is 0 Å². The van der Waals surface area contributed by atoms with Crippen LogP contribution in [0.25, 0.3) is 17.3 Å². The highest BCUT2D eigenvalue weighted by molar-refractivity contribution is 6.06. The minimum absolute atomic E-state index is 0.199. The highest BCUT2D eigenvalue weighted by Gasteiger charge is 2.05. The van der Waals surface area contributed by atoms with Crippen LogP contribution >= 0.6 is 0 Å². The zero-order chi connectivity index (χ0) is 16.9. The summed E-state index contributed by atoms with van der Waals surface area (Å²) in [5.74, 6) is 0.211. The topological polar surface area (TPSA) is 55.0 Å². The first-order chi connectivity index (χ1) is 11.7. The molecular weight excluding hydrogens is 307 g/mol. The average molecular weight is 322 g/mol. The Bertz CT molecular complexity index is 865. The number of H-pyrrole nitrogens is 1. The van der Waals surface area contributed by atoms with Gasteiger partial charge in [0.05, 0.1) is 18.5 Å². The minimum atomic E-state index is -0.367. The summed E-state index contributed by atoms with van der Waals surface area (Å²) in [5, 5.41) is 7.09. The van der Waals surface area contributed by atoms with E-state index in [9.17, 15) is 9.18 Å². The smallest absolute Gasteiger partial charge is 0.185 e. The average Bonchev–Trinajstić information content (AvgIpc) is 3.09. The van der Waals surface area contributed by atoms with E-state index in [1.54, 1.807) is 13.2 Å². The normalized spacial score (nSPS) is 10.9. The molecule has 0 atom stereocenters. The maximum absolute atomic E-state index is 12.9. The highest BCUT2D eigenvalue weighted by atomic mass is 19.1. The van der Waals surface area contributed by atoms with Gasteiger partial charge in [0, 0.05) is 11.1 Å². The Morgan fingerprint density at radius 3 is 2.50 bits per heavy atom. The Balaban J connectivity index is 1.73. The van der Waals surface area contributed by atoms with Gasteiger partial charge in [0.15, 0.2) is 5.78 Å². The van der Waals surface area contributed by atoms with Gasteiger partial charge in [0.25, 0.3) is 0 Å². The molecule has 0 aliphatic carbocycles. The molecule has 0 bridgehead atoms. The lowest BCUT2D eigenvalue weighted by molar-refractivity contribution is 0.104. The first-order valence-electron chi connectivity index (χ1n) is 7.33. The molecule has 1 N–H and O–H groups in total. The second kappa shape index (κ2) is 6.91. The Morgan fingerprint density at radius 2 is 1.83 bits per heavy atom. The highest BCUT2D eigenvalue weighted by Crippen LogP contribution is 2.21. The lowest BCUT2D eigenvalue weighted by atomic mass is 10.1. The second-order valence-electron chi connectivity index (χ2n) is 5.14. The van der Waals surface area contributed by atoms with Gasteiger partial charge in [-0.1, -0.05) is 0 Å². The maximum Gasteiger partial charge on any atom is 0.185 e. The zero-order valence-corrected chi connectivity index (χ0v) is 13.0. The number of allylic oxidation sites excluding steroid dienone is 1. The molecule has 3 aromatic rings. The van der Waals surface area contributed by atoms with Gasteiger partial charge in [-0.25, -0.2) is 4.39 Å². The number of ketones is 1. The molecule has 4 nitrogen and oxygen atoms in total. The quantitative estimate of drug-likeness (QED) is 0.568. The van der Waals surface area contributed by atoms with Crippen molar-refractivity contribution >= 4 is 11.9 Å². The number of aromatic nitrogens is 2. The van der Waals surface area contributed by atoms with Gasteiger partial charge >= 0.3 is 0 Å². The molecule has 0 fully saturated rings. The van der Waals surface area contributed by atoms with E-state index in [-0.39, 0.29) is 11.6 Å². The largest absolute Gasteiger partial charge is 0.497 e. The molecule has 2 aromatic carbocycles. The molecule has 5 heteroatoms. The standard InChI is InChI=1S/C19H15FN2O2/c1-24-17-9-4-13(5-10-17)18-12-16(21-22-18)8-11-19(23)14-2-6-15(20)7-3-14/h2-12H,1H3,(H,21,22). The number of ether oxygens (including phenoxy) is 1. The number of halogens is 1. The van der Waals surface area contributed by atoms with Crippen molar-refractivity contribution < 1.29 is 13.9 Å². The summed E-state index contributed by atoms with van der Waals surface area (Å²) in [6, 6.07) is 14.8. The third-order valence-electron chi connectivity index (χ3n) is 3.53. The minimum Gasteiger partial charge on any atom is -0.497 e. The van der Waals surface area contributed by atoms with Crippen molar-refractivity contribution in [3.8, 4) is 17.0 Å². The monoisotopic (exact) mass is 322 g/mol. The van der Waals surface area contributed by atoms with E-state index in [0.717, 1.165) is 17.0 Å². The number of nitrogens with one attached hydrogen (secondary N) is 1. The van der Waals surface area contributed by atoms with Gasteiger partial charge in [-0.15, -0.1) is 0 Å². The molecule has 3 rings (SSSR count). The van der Waals surface area contributed by atoms with Crippen LogP contribution in [-0.2, 0) is 0 Å². The molecule has 1 aromatic heterocycles. The van der Waals surface area contributed by atoms with Crippen LogP contribution in [0.5, 0.6) is 5.75 Å². The summed E-state index contributed by atoms with van der Waals surface area (Å²) in [5.41, 5.74) is 2.85. The SMILES string of the molecule is COc1ccc(-c2cc(C=CC(=O)c3ccc(F)cc3)[nH]n2)cc1. The van der Waals surface area contributed by atoms with Crippen LogP contribution in [0.4, 0.5) is 4.39 Å². The number of benzene rings is 2. The zero-order valence-electron chi connectivity index (χ0n) is 13.0. The lowest BCUT2D eigenvalue weighted by Gasteiger charge is -1.99. The van der Waals surface area contributed by atoms with E-state index in [1.165, 1.54) is 30.3 Å². The van der Waals surface area contributed by atoms with Crippen molar-refractivity contribution in [2.24, 2.45) is 0 Å². The summed E-state index contributed by atoms with van der Waals surface area (Å²) < 4.78 is 18.0. The third kappa shape index (κ3) is 3.57. The molecule has 0 spiro atoms. The molecule has 0 aliphatic heterocycles.